The molecule has 21 heavy (non-hydrogen) atoms. The Kier molecular flexibility index (Phi) is 6.22. The fourth-order valence-corrected chi connectivity index (χ4v) is 3.40. The van der Waals surface area contributed by atoms with Crippen LogP contribution in [0.4, 0.5) is 0 Å². The van der Waals surface area contributed by atoms with Crippen LogP contribution in [0.2, 0.25) is 0 Å². The number of likely N-dealkylation sites (N-methyl/N-ethyl adjacent to an activating group) is 1. The van der Waals surface area contributed by atoms with Crippen LogP contribution in [0.3, 0.4) is 0 Å². The number of nitrogens with two attached hydrogens (primary N) is 1. The van der Waals surface area contributed by atoms with E-state index in [-0.39, 0.29) is 6.04 Å². The molecule has 0 bridgehead atoms. The Balaban J connectivity index is 1.81. The van der Waals surface area contributed by atoms with Gasteiger partial charge in [-0.15, -0.1) is 0 Å². The van der Waals surface area contributed by atoms with Gasteiger partial charge in [-0.3, -0.25) is 0 Å². The summed E-state index contributed by atoms with van der Waals surface area (Å²) < 4.78 is 0. The molecule has 1 aliphatic rings. The van der Waals surface area contributed by atoms with E-state index in [2.05, 4.69) is 31.0 Å². The smallest absolute Gasteiger partial charge is 0.0820 e. The molecule has 0 aliphatic heterocycles. The molecule has 0 spiro atoms. The molecule has 0 saturated heterocycles. The summed E-state index contributed by atoms with van der Waals surface area (Å²) >= 11 is 0. The van der Waals surface area contributed by atoms with Gasteiger partial charge in [0.2, 0.25) is 0 Å². The molecule has 1 aromatic carbocycles. The summed E-state index contributed by atoms with van der Waals surface area (Å²) in [5.74, 6) is 0.807. The minimum absolute atomic E-state index is 0.198. The van der Waals surface area contributed by atoms with Gasteiger partial charge in [0, 0.05) is 18.6 Å². The van der Waals surface area contributed by atoms with Crippen molar-refractivity contribution in [1.82, 2.24) is 4.90 Å². The van der Waals surface area contributed by atoms with E-state index in [1.807, 2.05) is 18.2 Å². The van der Waals surface area contributed by atoms with Crippen molar-refractivity contribution in [2.45, 2.75) is 57.2 Å². The van der Waals surface area contributed by atoms with Crippen LogP contribution in [0.25, 0.3) is 0 Å². The lowest BCUT2D eigenvalue weighted by atomic mass is 9.86. The number of nitrogens with zero attached hydrogens (tertiary/aromatic N) is 1. The van der Waals surface area contributed by atoms with E-state index in [0.717, 1.165) is 12.3 Å². The molecule has 0 amide bonds. The molecule has 3 nitrogen and oxygen atoms in total. The Morgan fingerprint density at radius 2 is 2.00 bits per heavy atom. The van der Waals surface area contributed by atoms with E-state index in [1.165, 1.54) is 31.2 Å². The molecular weight excluding hydrogens is 260 g/mol. The highest BCUT2D eigenvalue weighted by Gasteiger charge is 2.25. The first-order chi connectivity index (χ1) is 10.1. The van der Waals surface area contributed by atoms with E-state index in [4.69, 9.17) is 5.73 Å². The third-order valence-electron chi connectivity index (χ3n) is 4.82. The van der Waals surface area contributed by atoms with Gasteiger partial charge >= 0.3 is 0 Å². The van der Waals surface area contributed by atoms with Crippen molar-refractivity contribution in [3.8, 4) is 0 Å². The molecule has 4 unspecified atom stereocenters. The first-order valence-corrected chi connectivity index (χ1v) is 8.24. The minimum Gasteiger partial charge on any atom is -0.390 e. The molecule has 3 heteroatoms. The van der Waals surface area contributed by atoms with Crippen LogP contribution in [-0.2, 0) is 6.42 Å². The molecule has 0 heterocycles. The molecule has 1 fully saturated rings. The number of aliphatic hydroxyl groups excluding tert-OH is 1. The predicted molar refractivity (Wildman–Crippen MR) is 88.2 cm³/mol. The van der Waals surface area contributed by atoms with Crippen LogP contribution in [0.15, 0.2) is 30.3 Å². The fourth-order valence-electron chi connectivity index (χ4n) is 3.40. The Morgan fingerprint density at radius 3 is 2.67 bits per heavy atom. The standard InChI is InChI=1S/C18H30N2O/c1-14-7-6-10-16(11-14)20(2)13-18(21)17(19)12-15-8-4-3-5-9-15/h3-5,8-9,14,16-18,21H,6-7,10-13,19H2,1-2H3. The summed E-state index contributed by atoms with van der Waals surface area (Å²) in [7, 11) is 2.13. The number of aliphatic hydroxyl groups is 1. The van der Waals surface area contributed by atoms with Crippen molar-refractivity contribution < 1.29 is 5.11 Å². The van der Waals surface area contributed by atoms with Gasteiger partial charge in [0.05, 0.1) is 6.10 Å². The number of hydrogen-bond donors (Lipinski definition) is 2. The monoisotopic (exact) mass is 290 g/mol. The molecule has 1 saturated carbocycles. The number of hydrogen-bond acceptors (Lipinski definition) is 3. The Bertz CT molecular complexity index is 409. The maximum absolute atomic E-state index is 10.4. The fraction of sp³-hybridized carbons (Fsp3) is 0.667. The van der Waals surface area contributed by atoms with E-state index < -0.39 is 6.10 Å². The van der Waals surface area contributed by atoms with Crippen LogP contribution in [0.1, 0.15) is 38.2 Å². The molecule has 0 radical (unpaired) electrons. The van der Waals surface area contributed by atoms with Gasteiger partial charge in [-0.2, -0.15) is 0 Å². The first kappa shape index (κ1) is 16.5. The Labute approximate surface area is 129 Å². The second kappa shape index (κ2) is 7.92. The SMILES string of the molecule is CC1CCCC(N(C)CC(O)C(N)Cc2ccccc2)C1. The lowest BCUT2D eigenvalue weighted by molar-refractivity contribution is 0.0678. The van der Waals surface area contributed by atoms with Crippen LogP contribution in [-0.4, -0.2) is 41.8 Å². The lowest BCUT2D eigenvalue weighted by Gasteiger charge is -2.36. The molecular formula is C18H30N2O. The Hall–Kier alpha value is -0.900. The van der Waals surface area contributed by atoms with E-state index in [1.54, 1.807) is 0 Å². The number of rotatable bonds is 6. The average molecular weight is 290 g/mol. The van der Waals surface area contributed by atoms with Gasteiger partial charge in [0.15, 0.2) is 0 Å². The first-order valence-electron chi connectivity index (χ1n) is 8.24. The van der Waals surface area contributed by atoms with Gasteiger partial charge in [0.25, 0.3) is 0 Å². The van der Waals surface area contributed by atoms with Crippen molar-refractivity contribution in [2.75, 3.05) is 13.6 Å². The van der Waals surface area contributed by atoms with Crippen LogP contribution in [0.5, 0.6) is 0 Å². The lowest BCUT2D eigenvalue weighted by Crippen LogP contribution is -2.47. The van der Waals surface area contributed by atoms with Gasteiger partial charge in [-0.05, 0) is 37.8 Å². The Morgan fingerprint density at radius 1 is 1.29 bits per heavy atom. The average Bonchev–Trinajstić information content (AvgIpc) is 2.48. The number of benzene rings is 1. The van der Waals surface area contributed by atoms with Crippen LogP contribution < -0.4 is 5.73 Å². The molecule has 118 valence electrons. The zero-order chi connectivity index (χ0) is 15.2. The summed E-state index contributed by atoms with van der Waals surface area (Å²) in [6, 6.07) is 10.6. The largest absolute Gasteiger partial charge is 0.390 e. The molecule has 1 aliphatic carbocycles. The summed E-state index contributed by atoms with van der Waals surface area (Å²) in [4.78, 5) is 2.31. The van der Waals surface area contributed by atoms with Gasteiger partial charge in [-0.1, -0.05) is 50.1 Å². The summed E-state index contributed by atoms with van der Waals surface area (Å²) in [6.45, 7) is 3.00. The second-order valence-corrected chi connectivity index (χ2v) is 6.79. The highest BCUT2D eigenvalue weighted by atomic mass is 16.3. The zero-order valence-corrected chi connectivity index (χ0v) is 13.4. The van der Waals surface area contributed by atoms with Crippen molar-refractivity contribution >= 4 is 0 Å². The van der Waals surface area contributed by atoms with Crippen LogP contribution in [0, 0.1) is 5.92 Å². The summed E-state index contributed by atoms with van der Waals surface area (Å²) in [6.07, 6.45) is 5.42. The third-order valence-corrected chi connectivity index (χ3v) is 4.82. The highest BCUT2D eigenvalue weighted by Crippen LogP contribution is 2.26. The highest BCUT2D eigenvalue weighted by molar-refractivity contribution is 5.16. The second-order valence-electron chi connectivity index (χ2n) is 6.79. The van der Waals surface area contributed by atoms with Crippen molar-refractivity contribution in [2.24, 2.45) is 11.7 Å². The van der Waals surface area contributed by atoms with E-state index in [0.29, 0.717) is 12.6 Å². The molecule has 4 atom stereocenters. The van der Waals surface area contributed by atoms with Crippen LogP contribution >= 0.6 is 0 Å². The van der Waals surface area contributed by atoms with Crippen molar-refractivity contribution in [3.63, 3.8) is 0 Å². The quantitative estimate of drug-likeness (QED) is 0.846. The molecule has 0 aromatic heterocycles. The topological polar surface area (TPSA) is 49.5 Å². The maximum atomic E-state index is 10.4. The molecule has 1 aromatic rings. The zero-order valence-electron chi connectivity index (χ0n) is 13.4. The minimum atomic E-state index is -0.465. The molecule has 2 rings (SSSR count). The summed E-state index contributed by atoms with van der Waals surface area (Å²) in [5, 5.41) is 10.4. The van der Waals surface area contributed by atoms with Gasteiger partial charge in [0.1, 0.15) is 0 Å². The maximum Gasteiger partial charge on any atom is 0.0820 e. The summed E-state index contributed by atoms with van der Waals surface area (Å²) in [5.41, 5.74) is 7.37. The van der Waals surface area contributed by atoms with Gasteiger partial charge in [-0.25, -0.2) is 0 Å². The van der Waals surface area contributed by atoms with E-state index >= 15 is 0 Å². The van der Waals surface area contributed by atoms with E-state index in [9.17, 15) is 5.11 Å². The predicted octanol–water partition coefficient (Wildman–Crippen LogP) is 2.43. The van der Waals surface area contributed by atoms with Gasteiger partial charge < -0.3 is 15.7 Å². The van der Waals surface area contributed by atoms with Crippen molar-refractivity contribution in [3.05, 3.63) is 35.9 Å². The van der Waals surface area contributed by atoms with Crippen molar-refractivity contribution in [1.29, 1.82) is 0 Å². The normalized spacial score (nSPS) is 25.8. The third kappa shape index (κ3) is 5.10. The molecule has 3 N–H and O–H groups in total.